The van der Waals surface area contributed by atoms with E-state index >= 15 is 0 Å². The van der Waals surface area contributed by atoms with Gasteiger partial charge >= 0.3 is 5.97 Å². The van der Waals surface area contributed by atoms with Crippen molar-refractivity contribution < 1.29 is 15.0 Å². The minimum absolute atomic E-state index is 0.261. The van der Waals surface area contributed by atoms with Crippen molar-refractivity contribution >= 4 is 12.0 Å². The lowest BCUT2D eigenvalue weighted by Gasteiger charge is -1.99. The van der Waals surface area contributed by atoms with Crippen LogP contribution in [0.4, 0.5) is 0 Å². The second kappa shape index (κ2) is 5.19. The van der Waals surface area contributed by atoms with Gasteiger partial charge in [-0.05, 0) is 5.56 Å². The number of carbonyl (C=O) groups is 1. The third-order valence-corrected chi connectivity index (χ3v) is 1.69. The Morgan fingerprint density at radius 1 is 1.36 bits per heavy atom. The van der Waals surface area contributed by atoms with Crippen molar-refractivity contribution in [2.45, 2.75) is 12.5 Å². The smallest absolute Gasteiger partial charge is 0.306 e. The van der Waals surface area contributed by atoms with Crippen molar-refractivity contribution in [2.75, 3.05) is 0 Å². The molecule has 0 aliphatic heterocycles. The molecule has 3 nitrogen and oxygen atoms in total. The Balaban J connectivity index is 2.52. The molecule has 1 atom stereocenters. The van der Waals surface area contributed by atoms with Gasteiger partial charge < -0.3 is 10.2 Å². The first-order valence-electron chi connectivity index (χ1n) is 4.31. The van der Waals surface area contributed by atoms with E-state index in [0.717, 1.165) is 5.56 Å². The van der Waals surface area contributed by atoms with Gasteiger partial charge in [0.2, 0.25) is 0 Å². The van der Waals surface area contributed by atoms with Crippen LogP contribution in [-0.4, -0.2) is 22.3 Å². The Morgan fingerprint density at radius 2 is 2.00 bits per heavy atom. The molecule has 0 aliphatic rings. The first-order chi connectivity index (χ1) is 6.68. The van der Waals surface area contributed by atoms with Gasteiger partial charge in [0.25, 0.3) is 0 Å². The maximum atomic E-state index is 10.2. The predicted molar refractivity (Wildman–Crippen MR) is 53.7 cm³/mol. The summed E-state index contributed by atoms with van der Waals surface area (Å²) in [4.78, 5) is 10.2. The summed E-state index contributed by atoms with van der Waals surface area (Å²) >= 11 is 0. The molecule has 0 aromatic heterocycles. The maximum Gasteiger partial charge on any atom is 0.306 e. The molecule has 1 rings (SSSR count). The standard InChI is InChI=1S/C11H12O3/c12-10(8-11(13)14)7-6-9-4-2-1-3-5-9/h1-7,10,12H,8H2,(H,13,14)/b7-6+/t10-/m1/s1. The van der Waals surface area contributed by atoms with Crippen molar-refractivity contribution in [2.24, 2.45) is 0 Å². The van der Waals surface area contributed by atoms with E-state index in [4.69, 9.17) is 5.11 Å². The lowest BCUT2D eigenvalue weighted by atomic mass is 10.1. The lowest BCUT2D eigenvalue weighted by molar-refractivity contribution is -0.138. The highest BCUT2D eigenvalue weighted by atomic mass is 16.4. The van der Waals surface area contributed by atoms with Crippen molar-refractivity contribution in [1.29, 1.82) is 0 Å². The average Bonchev–Trinajstić information content (AvgIpc) is 2.15. The molecule has 2 N–H and O–H groups in total. The molecule has 0 unspecified atom stereocenters. The van der Waals surface area contributed by atoms with E-state index in [9.17, 15) is 9.90 Å². The number of aliphatic carboxylic acids is 1. The number of hydrogen-bond donors (Lipinski definition) is 2. The number of carboxylic acids is 1. The van der Waals surface area contributed by atoms with Gasteiger partial charge in [0.15, 0.2) is 0 Å². The van der Waals surface area contributed by atoms with E-state index in [2.05, 4.69) is 0 Å². The van der Waals surface area contributed by atoms with Gasteiger partial charge in [-0.3, -0.25) is 4.79 Å². The SMILES string of the molecule is O=C(O)C[C@H](O)/C=C/c1ccccc1. The van der Waals surface area contributed by atoms with Crippen LogP contribution in [0.2, 0.25) is 0 Å². The van der Waals surface area contributed by atoms with Crippen molar-refractivity contribution in [1.82, 2.24) is 0 Å². The molecule has 0 fully saturated rings. The van der Waals surface area contributed by atoms with E-state index in [0.29, 0.717) is 0 Å². The first-order valence-corrected chi connectivity index (χ1v) is 4.31. The number of rotatable bonds is 4. The summed E-state index contributed by atoms with van der Waals surface area (Å²) < 4.78 is 0. The highest BCUT2D eigenvalue weighted by Gasteiger charge is 2.04. The van der Waals surface area contributed by atoms with Crippen LogP contribution in [0.15, 0.2) is 36.4 Å². The van der Waals surface area contributed by atoms with E-state index in [-0.39, 0.29) is 6.42 Å². The molecule has 3 heteroatoms. The molecule has 74 valence electrons. The van der Waals surface area contributed by atoms with E-state index in [1.807, 2.05) is 30.3 Å². The normalized spacial score (nSPS) is 12.9. The fourth-order valence-corrected chi connectivity index (χ4v) is 1.03. The van der Waals surface area contributed by atoms with Crippen LogP contribution in [-0.2, 0) is 4.79 Å². The number of carboxylic acid groups (broad SMARTS) is 1. The molecule has 0 bridgehead atoms. The quantitative estimate of drug-likeness (QED) is 0.760. The molecule has 0 spiro atoms. The van der Waals surface area contributed by atoms with Gasteiger partial charge in [0, 0.05) is 0 Å². The average molecular weight is 192 g/mol. The Hall–Kier alpha value is -1.61. The summed E-state index contributed by atoms with van der Waals surface area (Å²) in [6.07, 6.45) is 1.99. The van der Waals surface area contributed by atoms with Gasteiger partial charge in [-0.15, -0.1) is 0 Å². The van der Waals surface area contributed by atoms with Crippen LogP contribution in [0, 0.1) is 0 Å². The molecule has 0 saturated carbocycles. The number of aliphatic hydroxyl groups is 1. The number of benzene rings is 1. The van der Waals surface area contributed by atoms with Gasteiger partial charge in [0.1, 0.15) is 0 Å². The first kappa shape index (κ1) is 10.5. The van der Waals surface area contributed by atoms with Crippen LogP contribution in [0.3, 0.4) is 0 Å². The summed E-state index contributed by atoms with van der Waals surface area (Å²) in [6, 6.07) is 9.41. The number of aliphatic hydroxyl groups excluding tert-OH is 1. The largest absolute Gasteiger partial charge is 0.481 e. The fourth-order valence-electron chi connectivity index (χ4n) is 1.03. The summed E-state index contributed by atoms with van der Waals surface area (Å²) in [5.74, 6) is -1.00. The van der Waals surface area contributed by atoms with Crippen molar-refractivity contribution in [3.8, 4) is 0 Å². The Morgan fingerprint density at radius 3 is 2.57 bits per heavy atom. The van der Waals surface area contributed by atoms with Crippen LogP contribution >= 0.6 is 0 Å². The lowest BCUT2D eigenvalue weighted by Crippen LogP contribution is -2.09. The zero-order valence-corrected chi connectivity index (χ0v) is 7.63. The van der Waals surface area contributed by atoms with Gasteiger partial charge in [-0.25, -0.2) is 0 Å². The molecular weight excluding hydrogens is 180 g/mol. The van der Waals surface area contributed by atoms with Crippen molar-refractivity contribution in [3.05, 3.63) is 42.0 Å². The maximum absolute atomic E-state index is 10.2. The van der Waals surface area contributed by atoms with E-state index in [1.54, 1.807) is 6.08 Å². The second-order valence-corrected chi connectivity index (χ2v) is 2.94. The fraction of sp³-hybridized carbons (Fsp3) is 0.182. The van der Waals surface area contributed by atoms with E-state index in [1.165, 1.54) is 6.08 Å². The summed E-state index contributed by atoms with van der Waals surface area (Å²) in [7, 11) is 0. The molecular formula is C11H12O3. The molecule has 0 saturated heterocycles. The molecule has 0 amide bonds. The summed E-state index contributed by atoms with van der Waals surface area (Å²) in [5, 5.41) is 17.6. The molecule has 1 aromatic rings. The van der Waals surface area contributed by atoms with Crippen LogP contribution in [0.5, 0.6) is 0 Å². The molecule has 14 heavy (non-hydrogen) atoms. The van der Waals surface area contributed by atoms with Gasteiger partial charge in [-0.1, -0.05) is 42.5 Å². The molecule has 0 aliphatic carbocycles. The highest BCUT2D eigenvalue weighted by Crippen LogP contribution is 2.03. The zero-order valence-electron chi connectivity index (χ0n) is 7.63. The van der Waals surface area contributed by atoms with Crippen LogP contribution in [0.1, 0.15) is 12.0 Å². The van der Waals surface area contributed by atoms with Gasteiger partial charge in [0.05, 0.1) is 12.5 Å². The highest BCUT2D eigenvalue weighted by molar-refractivity contribution is 5.68. The predicted octanol–water partition coefficient (Wildman–Crippen LogP) is 1.54. The summed E-state index contributed by atoms with van der Waals surface area (Å²) in [6.45, 7) is 0. The third kappa shape index (κ3) is 3.87. The van der Waals surface area contributed by atoms with Crippen LogP contribution in [0.25, 0.3) is 6.08 Å². The Labute approximate surface area is 82.3 Å². The van der Waals surface area contributed by atoms with Gasteiger partial charge in [-0.2, -0.15) is 0 Å². The zero-order chi connectivity index (χ0) is 10.4. The molecule has 0 radical (unpaired) electrons. The molecule has 0 heterocycles. The minimum Gasteiger partial charge on any atom is -0.481 e. The van der Waals surface area contributed by atoms with E-state index < -0.39 is 12.1 Å². The minimum atomic E-state index is -1.00. The second-order valence-electron chi connectivity index (χ2n) is 2.94. The van der Waals surface area contributed by atoms with Crippen LogP contribution < -0.4 is 0 Å². The van der Waals surface area contributed by atoms with Crippen molar-refractivity contribution in [3.63, 3.8) is 0 Å². The monoisotopic (exact) mass is 192 g/mol. The third-order valence-electron chi connectivity index (χ3n) is 1.69. The Bertz CT molecular complexity index is 317. The Kier molecular flexibility index (Phi) is 3.88. The topological polar surface area (TPSA) is 57.5 Å². The molecule has 1 aromatic carbocycles. The number of hydrogen-bond acceptors (Lipinski definition) is 2. The summed E-state index contributed by atoms with van der Waals surface area (Å²) in [5.41, 5.74) is 0.942.